The van der Waals surface area contributed by atoms with E-state index in [4.69, 9.17) is 28.4 Å². The summed E-state index contributed by atoms with van der Waals surface area (Å²) in [5.41, 5.74) is 0. The van der Waals surface area contributed by atoms with Gasteiger partial charge in [0.1, 0.15) is 24.1 Å². The summed E-state index contributed by atoms with van der Waals surface area (Å²) in [6.07, 6.45) is -3.27. The number of para-hydroxylation sites is 1. The van der Waals surface area contributed by atoms with Gasteiger partial charge in [0, 0.05) is 0 Å². The lowest BCUT2D eigenvalue weighted by atomic mass is 9.99. The van der Waals surface area contributed by atoms with Gasteiger partial charge in [-0.1, -0.05) is 18.2 Å². The zero-order valence-corrected chi connectivity index (χ0v) is 14.6. The van der Waals surface area contributed by atoms with E-state index >= 15 is 0 Å². The Morgan fingerprint density at radius 1 is 0.880 bits per heavy atom. The first-order chi connectivity index (χ1) is 11.7. The Balaban J connectivity index is 1.58. The minimum absolute atomic E-state index is 0.442. The smallest absolute Gasteiger partial charge is 0.343 e. The van der Waals surface area contributed by atoms with Gasteiger partial charge in [-0.3, -0.25) is 0 Å². The van der Waals surface area contributed by atoms with Crippen molar-refractivity contribution in [3.63, 3.8) is 0 Å². The van der Waals surface area contributed by atoms with Crippen molar-refractivity contribution < 1.29 is 33.2 Å². The number of hydrogen-bond acceptors (Lipinski definition) is 7. The number of esters is 1. The van der Waals surface area contributed by atoms with Gasteiger partial charge in [-0.15, -0.1) is 0 Å². The minimum atomic E-state index is -0.967. The van der Waals surface area contributed by atoms with E-state index in [-0.39, 0.29) is 0 Å². The van der Waals surface area contributed by atoms with Crippen LogP contribution < -0.4 is 4.74 Å². The summed E-state index contributed by atoms with van der Waals surface area (Å²) < 4.78 is 34.9. The lowest BCUT2D eigenvalue weighted by Gasteiger charge is -2.35. The maximum atomic E-state index is 12.7. The molecule has 5 atom stereocenters. The van der Waals surface area contributed by atoms with E-state index in [1.54, 1.807) is 52.0 Å². The van der Waals surface area contributed by atoms with E-state index < -0.39 is 48.2 Å². The van der Waals surface area contributed by atoms with E-state index in [1.165, 1.54) is 0 Å². The molecule has 4 rings (SSSR count). The van der Waals surface area contributed by atoms with Crippen LogP contribution in [-0.2, 0) is 28.5 Å². The molecule has 0 amide bonds. The highest BCUT2D eigenvalue weighted by atomic mass is 16.9. The van der Waals surface area contributed by atoms with Crippen molar-refractivity contribution in [1.29, 1.82) is 0 Å². The molecule has 3 aliphatic heterocycles. The Bertz CT molecular complexity index is 657. The monoisotopic (exact) mass is 350 g/mol. The molecule has 0 aliphatic carbocycles. The van der Waals surface area contributed by atoms with Crippen LogP contribution in [0.4, 0.5) is 0 Å². The van der Waals surface area contributed by atoms with Gasteiger partial charge in [0.25, 0.3) is 0 Å². The van der Waals surface area contributed by atoms with E-state index in [9.17, 15) is 4.79 Å². The number of carbonyl (C=O) groups is 1. The van der Waals surface area contributed by atoms with Gasteiger partial charge in [0.05, 0.1) is 0 Å². The van der Waals surface area contributed by atoms with Crippen LogP contribution in [0, 0.1) is 0 Å². The average molecular weight is 350 g/mol. The van der Waals surface area contributed by atoms with Crippen molar-refractivity contribution in [2.45, 2.75) is 70.0 Å². The Labute approximate surface area is 146 Å². The predicted octanol–water partition coefficient (Wildman–Crippen LogP) is 1.99. The summed E-state index contributed by atoms with van der Waals surface area (Å²) in [4.78, 5) is 12.7. The largest absolute Gasteiger partial charge is 0.425 e. The first-order valence-corrected chi connectivity index (χ1v) is 8.38. The molecule has 25 heavy (non-hydrogen) atoms. The number of carbonyl (C=O) groups excluding carboxylic acids is 1. The molecule has 3 aliphatic rings. The topological polar surface area (TPSA) is 72.5 Å². The summed E-state index contributed by atoms with van der Waals surface area (Å²) >= 11 is 0. The molecule has 3 fully saturated rings. The van der Waals surface area contributed by atoms with E-state index in [0.29, 0.717) is 5.75 Å². The molecule has 0 radical (unpaired) electrons. The SMILES string of the molecule is CC1(C)O[C@@H]2O[C@@H](C(=O)Oc3ccccc3)[C@H]3OC(C)(C)O[C@H]3[C@H]2O1. The second-order valence-electron chi connectivity index (χ2n) is 7.32. The van der Waals surface area contributed by atoms with E-state index in [2.05, 4.69) is 0 Å². The molecular weight excluding hydrogens is 328 g/mol. The normalized spacial score (nSPS) is 38.0. The summed E-state index contributed by atoms with van der Waals surface area (Å²) in [6, 6.07) is 8.83. The third-order valence-corrected chi connectivity index (χ3v) is 4.35. The number of fused-ring (bicyclic) bond motifs is 3. The molecule has 0 unspecified atom stereocenters. The highest BCUT2D eigenvalue weighted by Crippen LogP contribution is 2.44. The highest BCUT2D eigenvalue weighted by molar-refractivity contribution is 5.78. The summed E-state index contributed by atoms with van der Waals surface area (Å²) in [5.74, 6) is -1.78. The summed E-state index contributed by atoms with van der Waals surface area (Å²) in [6.45, 7) is 7.17. The predicted molar refractivity (Wildman–Crippen MR) is 84.6 cm³/mol. The molecule has 7 heteroatoms. The van der Waals surface area contributed by atoms with Gasteiger partial charge in [-0.25, -0.2) is 4.79 Å². The Hall–Kier alpha value is -1.51. The number of rotatable bonds is 2. The molecule has 7 nitrogen and oxygen atoms in total. The molecule has 3 saturated heterocycles. The zero-order valence-electron chi connectivity index (χ0n) is 14.6. The van der Waals surface area contributed by atoms with Crippen molar-refractivity contribution in [1.82, 2.24) is 0 Å². The summed E-state index contributed by atoms with van der Waals surface area (Å²) in [5, 5.41) is 0. The fourth-order valence-corrected chi connectivity index (χ4v) is 3.46. The van der Waals surface area contributed by atoms with E-state index in [0.717, 1.165) is 0 Å². The van der Waals surface area contributed by atoms with Crippen molar-refractivity contribution in [2.24, 2.45) is 0 Å². The molecular formula is C18H22O7. The number of ether oxygens (including phenoxy) is 6. The molecule has 0 spiro atoms. The second kappa shape index (κ2) is 5.75. The fraction of sp³-hybridized carbons (Fsp3) is 0.611. The van der Waals surface area contributed by atoms with Crippen LogP contribution >= 0.6 is 0 Å². The maximum Gasteiger partial charge on any atom is 0.343 e. The molecule has 0 bridgehead atoms. The average Bonchev–Trinajstić information content (AvgIpc) is 3.01. The molecule has 0 aromatic heterocycles. The van der Waals surface area contributed by atoms with Crippen molar-refractivity contribution >= 4 is 5.97 Å². The van der Waals surface area contributed by atoms with Gasteiger partial charge >= 0.3 is 5.97 Å². The molecule has 0 saturated carbocycles. The Kier molecular flexibility index (Phi) is 3.90. The van der Waals surface area contributed by atoms with Crippen molar-refractivity contribution in [3.8, 4) is 5.75 Å². The molecule has 1 aromatic carbocycles. The third-order valence-electron chi connectivity index (χ3n) is 4.35. The third kappa shape index (κ3) is 3.18. The molecule has 0 N–H and O–H groups in total. The van der Waals surface area contributed by atoms with Crippen molar-refractivity contribution in [3.05, 3.63) is 30.3 Å². The zero-order chi connectivity index (χ0) is 17.8. The van der Waals surface area contributed by atoms with Crippen LogP contribution in [0.3, 0.4) is 0 Å². The second-order valence-corrected chi connectivity index (χ2v) is 7.32. The van der Waals surface area contributed by atoms with Gasteiger partial charge in [-0.2, -0.15) is 0 Å². The fourth-order valence-electron chi connectivity index (χ4n) is 3.46. The van der Waals surface area contributed by atoms with Crippen LogP contribution in [0.1, 0.15) is 27.7 Å². The van der Waals surface area contributed by atoms with Gasteiger partial charge in [0.15, 0.2) is 24.0 Å². The molecule has 136 valence electrons. The standard InChI is InChI=1S/C18H22O7/c1-17(2)22-11-12(23-17)14-16(25-18(3,4)24-14)21-13(11)15(19)20-10-8-6-5-7-9-10/h5-9,11-14,16H,1-4H3/t11-,12+,13+,14+,16-/m0/s1. The highest BCUT2D eigenvalue weighted by Gasteiger charge is 2.62. The van der Waals surface area contributed by atoms with Crippen LogP contribution in [-0.4, -0.2) is 48.2 Å². The minimum Gasteiger partial charge on any atom is -0.425 e. The van der Waals surface area contributed by atoms with Gasteiger partial charge < -0.3 is 28.4 Å². The molecule has 3 heterocycles. The number of hydrogen-bond donors (Lipinski definition) is 0. The van der Waals surface area contributed by atoms with Crippen LogP contribution in [0.2, 0.25) is 0 Å². The lowest BCUT2D eigenvalue weighted by Crippen LogP contribution is -2.58. The Morgan fingerprint density at radius 3 is 2.20 bits per heavy atom. The van der Waals surface area contributed by atoms with Gasteiger partial charge in [0.2, 0.25) is 0 Å². The van der Waals surface area contributed by atoms with Crippen LogP contribution in [0.5, 0.6) is 5.75 Å². The molecule has 1 aromatic rings. The maximum absolute atomic E-state index is 12.7. The van der Waals surface area contributed by atoms with Crippen molar-refractivity contribution in [2.75, 3.05) is 0 Å². The van der Waals surface area contributed by atoms with Gasteiger partial charge in [-0.05, 0) is 39.8 Å². The Morgan fingerprint density at radius 2 is 1.48 bits per heavy atom. The summed E-state index contributed by atoms with van der Waals surface area (Å²) in [7, 11) is 0. The lowest BCUT2D eigenvalue weighted by molar-refractivity contribution is -0.236. The number of benzene rings is 1. The first kappa shape index (κ1) is 16.9. The van der Waals surface area contributed by atoms with E-state index in [1.807, 2.05) is 6.07 Å². The van der Waals surface area contributed by atoms with Crippen LogP contribution in [0.25, 0.3) is 0 Å². The van der Waals surface area contributed by atoms with Crippen LogP contribution in [0.15, 0.2) is 30.3 Å². The first-order valence-electron chi connectivity index (χ1n) is 8.38. The quantitative estimate of drug-likeness (QED) is 0.596.